The molecule has 2 heteroatoms. The molecule has 1 aliphatic carbocycles. The Labute approximate surface area is 138 Å². The number of allylic oxidation sites excluding steroid dienone is 2. The highest BCUT2D eigenvalue weighted by Gasteiger charge is 2.47. The molecule has 1 atom stereocenters. The minimum atomic E-state index is -0.774. The topological polar surface area (TPSA) is 26.3 Å². The summed E-state index contributed by atoms with van der Waals surface area (Å²) in [6.45, 7) is 8.75. The molecule has 23 heavy (non-hydrogen) atoms. The van der Waals surface area contributed by atoms with Gasteiger partial charge in [-0.2, -0.15) is 0 Å². The fraction of sp³-hybridized carbons (Fsp3) is 0.476. The molecule has 0 radical (unpaired) electrons. The summed E-state index contributed by atoms with van der Waals surface area (Å²) in [6.07, 6.45) is 7.59. The molecular formula is C21H24O2. The van der Waals surface area contributed by atoms with Crippen molar-refractivity contribution >= 4 is 5.78 Å². The Balaban J connectivity index is 1.93. The molecule has 0 saturated carbocycles. The van der Waals surface area contributed by atoms with Crippen molar-refractivity contribution in [2.45, 2.75) is 59.0 Å². The van der Waals surface area contributed by atoms with E-state index in [2.05, 4.69) is 52.0 Å². The van der Waals surface area contributed by atoms with Crippen molar-refractivity contribution in [1.29, 1.82) is 0 Å². The highest BCUT2D eigenvalue weighted by molar-refractivity contribution is 6.06. The van der Waals surface area contributed by atoms with Crippen molar-refractivity contribution in [3.05, 3.63) is 52.1 Å². The maximum absolute atomic E-state index is 13.1. The third kappa shape index (κ3) is 2.19. The van der Waals surface area contributed by atoms with E-state index in [1.807, 2.05) is 0 Å². The van der Waals surface area contributed by atoms with E-state index >= 15 is 0 Å². The molecular weight excluding hydrogens is 284 g/mol. The molecule has 2 aliphatic heterocycles. The predicted molar refractivity (Wildman–Crippen MR) is 91.8 cm³/mol. The lowest BCUT2D eigenvalue weighted by Gasteiger charge is -2.42. The molecule has 1 unspecified atom stereocenters. The summed E-state index contributed by atoms with van der Waals surface area (Å²) in [5.41, 5.74) is 5.23. The summed E-state index contributed by atoms with van der Waals surface area (Å²) in [4.78, 5) is 13.1. The fourth-order valence-corrected chi connectivity index (χ4v) is 4.02. The number of hydrogen-bond donors (Lipinski definition) is 0. The minimum absolute atomic E-state index is 0.0257. The van der Waals surface area contributed by atoms with E-state index < -0.39 is 5.60 Å². The number of hydrogen-bond acceptors (Lipinski definition) is 2. The lowest BCUT2D eigenvalue weighted by atomic mass is 9.71. The van der Waals surface area contributed by atoms with Gasteiger partial charge in [-0.05, 0) is 54.4 Å². The van der Waals surface area contributed by atoms with Gasteiger partial charge in [0.25, 0.3) is 0 Å². The number of rotatable bonds is 0. The van der Waals surface area contributed by atoms with E-state index in [-0.39, 0.29) is 11.2 Å². The average molecular weight is 308 g/mol. The molecule has 1 aromatic rings. The van der Waals surface area contributed by atoms with Crippen LogP contribution in [0, 0.1) is 12.3 Å². The molecule has 1 aromatic carbocycles. The van der Waals surface area contributed by atoms with Crippen LogP contribution in [0.1, 0.15) is 50.3 Å². The van der Waals surface area contributed by atoms with Crippen LogP contribution in [-0.2, 0) is 17.6 Å². The Morgan fingerprint density at radius 3 is 2.48 bits per heavy atom. The van der Waals surface area contributed by atoms with Crippen LogP contribution in [0.25, 0.3) is 0 Å². The minimum Gasteiger partial charge on any atom is -0.474 e. The molecule has 120 valence electrons. The van der Waals surface area contributed by atoms with Gasteiger partial charge in [0.1, 0.15) is 5.75 Å². The number of benzene rings is 1. The van der Waals surface area contributed by atoms with Crippen molar-refractivity contribution in [2.24, 2.45) is 5.41 Å². The van der Waals surface area contributed by atoms with Gasteiger partial charge >= 0.3 is 0 Å². The molecule has 0 saturated heterocycles. The Kier molecular flexibility index (Phi) is 2.94. The van der Waals surface area contributed by atoms with Crippen molar-refractivity contribution in [3.8, 4) is 5.75 Å². The van der Waals surface area contributed by atoms with Crippen LogP contribution >= 0.6 is 0 Å². The summed E-state index contributed by atoms with van der Waals surface area (Å²) in [6, 6.07) is 4.43. The van der Waals surface area contributed by atoms with Crippen molar-refractivity contribution < 1.29 is 9.53 Å². The first kappa shape index (κ1) is 14.7. The van der Waals surface area contributed by atoms with Crippen LogP contribution in [0.5, 0.6) is 5.75 Å². The Bertz CT molecular complexity index is 774. The van der Waals surface area contributed by atoms with Gasteiger partial charge in [-0.25, -0.2) is 0 Å². The number of ketones is 1. The van der Waals surface area contributed by atoms with Gasteiger partial charge < -0.3 is 4.74 Å². The molecule has 0 N–H and O–H groups in total. The maximum atomic E-state index is 13.1. The third-order valence-corrected chi connectivity index (χ3v) is 5.36. The second kappa shape index (κ2) is 4.59. The predicted octanol–water partition coefficient (Wildman–Crippen LogP) is 4.49. The normalized spacial score (nSPS) is 25.8. The van der Waals surface area contributed by atoms with Gasteiger partial charge in [0.05, 0.1) is 0 Å². The zero-order valence-electron chi connectivity index (χ0n) is 14.5. The first-order valence-corrected chi connectivity index (χ1v) is 8.59. The number of Topliss-reactive ketones (excluding diaryl/α,β-unsaturated/α-hetero) is 1. The fourth-order valence-electron chi connectivity index (χ4n) is 4.02. The van der Waals surface area contributed by atoms with Crippen LogP contribution in [-0.4, -0.2) is 11.4 Å². The molecule has 0 fully saturated rings. The Hall–Kier alpha value is -1.83. The standard InChI is InChI=1S/C21H24O2/c1-13-9-14-5-6-16-11-17(20(2,3)4)12-21(19(16)22)8-7-15(10-13)18(14)23-21/h9-12H,5-8H2,1-4H3. The summed E-state index contributed by atoms with van der Waals surface area (Å²) >= 11 is 0. The van der Waals surface area contributed by atoms with Crippen molar-refractivity contribution in [2.75, 3.05) is 0 Å². The number of carbonyl (C=O) groups is 1. The van der Waals surface area contributed by atoms with Crippen LogP contribution in [0.3, 0.4) is 0 Å². The van der Waals surface area contributed by atoms with E-state index in [1.165, 1.54) is 22.3 Å². The molecule has 2 heterocycles. The summed E-state index contributed by atoms with van der Waals surface area (Å²) in [5.74, 6) is 1.16. The molecule has 4 rings (SSSR count). The zero-order chi connectivity index (χ0) is 16.4. The third-order valence-electron chi connectivity index (χ3n) is 5.36. The molecule has 3 bridgehead atoms. The number of carbonyl (C=O) groups excluding carboxylic acids is 1. The summed E-state index contributed by atoms with van der Waals surface area (Å²) < 4.78 is 6.44. The van der Waals surface area contributed by atoms with Crippen LogP contribution in [0.2, 0.25) is 0 Å². The molecule has 2 nitrogen and oxygen atoms in total. The quantitative estimate of drug-likeness (QED) is 0.706. The monoisotopic (exact) mass is 308 g/mol. The summed E-state index contributed by atoms with van der Waals surface area (Å²) in [7, 11) is 0. The second-order valence-electron chi connectivity index (χ2n) is 8.25. The van der Waals surface area contributed by atoms with E-state index in [0.29, 0.717) is 0 Å². The second-order valence-corrected chi connectivity index (χ2v) is 8.25. The first-order chi connectivity index (χ1) is 10.8. The summed E-state index contributed by atoms with van der Waals surface area (Å²) in [5, 5.41) is 0. The molecule has 1 spiro atoms. The maximum Gasteiger partial charge on any atom is 0.206 e. The lowest BCUT2D eigenvalue weighted by molar-refractivity contribution is -0.128. The smallest absolute Gasteiger partial charge is 0.206 e. The van der Waals surface area contributed by atoms with Gasteiger partial charge in [0.15, 0.2) is 5.60 Å². The Morgan fingerprint density at radius 1 is 1.09 bits per heavy atom. The van der Waals surface area contributed by atoms with Gasteiger partial charge in [0.2, 0.25) is 5.78 Å². The highest BCUT2D eigenvalue weighted by Crippen LogP contribution is 2.46. The van der Waals surface area contributed by atoms with Gasteiger partial charge in [0, 0.05) is 12.0 Å². The Morgan fingerprint density at radius 2 is 1.78 bits per heavy atom. The number of ether oxygens (including phenoxy) is 1. The molecule has 3 aliphatic rings. The SMILES string of the molecule is Cc1cc2c3c(c1)CCC1(C=C(C(C)(C)C)C=C(CC2)C1=O)O3. The highest BCUT2D eigenvalue weighted by atomic mass is 16.5. The largest absolute Gasteiger partial charge is 0.474 e. The number of fused-ring (bicyclic) bond motifs is 1. The zero-order valence-corrected chi connectivity index (χ0v) is 14.5. The van der Waals surface area contributed by atoms with E-state index in [0.717, 1.165) is 37.0 Å². The van der Waals surface area contributed by atoms with E-state index in [4.69, 9.17) is 4.74 Å². The van der Waals surface area contributed by atoms with Gasteiger partial charge in [-0.1, -0.05) is 44.5 Å². The van der Waals surface area contributed by atoms with Crippen molar-refractivity contribution in [3.63, 3.8) is 0 Å². The first-order valence-electron chi connectivity index (χ1n) is 8.59. The average Bonchev–Trinajstić information content (AvgIpc) is 2.47. The van der Waals surface area contributed by atoms with Crippen LogP contribution in [0.4, 0.5) is 0 Å². The van der Waals surface area contributed by atoms with E-state index in [9.17, 15) is 4.79 Å². The molecule has 0 aromatic heterocycles. The van der Waals surface area contributed by atoms with Gasteiger partial charge in [-0.15, -0.1) is 0 Å². The van der Waals surface area contributed by atoms with Crippen molar-refractivity contribution in [1.82, 2.24) is 0 Å². The van der Waals surface area contributed by atoms with E-state index in [1.54, 1.807) is 0 Å². The van der Waals surface area contributed by atoms with Crippen LogP contribution in [0.15, 0.2) is 35.4 Å². The van der Waals surface area contributed by atoms with Gasteiger partial charge in [-0.3, -0.25) is 4.79 Å². The van der Waals surface area contributed by atoms with Crippen LogP contribution < -0.4 is 4.74 Å². The molecule has 0 amide bonds. The lowest BCUT2D eigenvalue weighted by Crippen LogP contribution is -2.49. The number of aryl methyl sites for hydroxylation is 3.